The number of rotatable bonds is 6. The second kappa shape index (κ2) is 6.78. The molecule has 0 aliphatic carbocycles. The van der Waals surface area contributed by atoms with Gasteiger partial charge in [0.1, 0.15) is 17.8 Å². The zero-order valence-corrected chi connectivity index (χ0v) is 15.3. The van der Waals surface area contributed by atoms with E-state index >= 15 is 0 Å². The summed E-state index contributed by atoms with van der Waals surface area (Å²) >= 11 is 0. The number of urea groups is 1. The van der Waals surface area contributed by atoms with Crippen molar-refractivity contribution in [3.05, 3.63) is 30.2 Å². The van der Waals surface area contributed by atoms with Gasteiger partial charge in [-0.25, -0.2) is 4.79 Å². The summed E-state index contributed by atoms with van der Waals surface area (Å²) in [7, 11) is 1.59. The van der Waals surface area contributed by atoms with Crippen LogP contribution in [0.2, 0.25) is 0 Å². The van der Waals surface area contributed by atoms with Crippen molar-refractivity contribution in [2.24, 2.45) is 5.92 Å². The zero-order chi connectivity index (χ0) is 18.9. The van der Waals surface area contributed by atoms with E-state index in [9.17, 15) is 9.59 Å². The van der Waals surface area contributed by atoms with Crippen LogP contribution in [0.3, 0.4) is 0 Å². The molecule has 3 rings (SSSR count). The third-order valence-electron chi connectivity index (χ3n) is 4.26. The Morgan fingerprint density at radius 2 is 1.92 bits per heavy atom. The first-order valence-corrected chi connectivity index (χ1v) is 8.43. The highest BCUT2D eigenvalue weighted by molar-refractivity contribution is 6.06. The SMILES string of the molecule is COc1ccc(-c2nnc(CN3C(=O)NC(C)(CC(C)C)C3=O)o2)cc1. The summed E-state index contributed by atoms with van der Waals surface area (Å²) in [6, 6.07) is 6.72. The first-order valence-electron chi connectivity index (χ1n) is 8.43. The number of aromatic nitrogens is 2. The fourth-order valence-corrected chi connectivity index (χ4v) is 3.15. The molecule has 1 aliphatic heterocycles. The average molecular weight is 358 g/mol. The van der Waals surface area contributed by atoms with Gasteiger partial charge in [-0.3, -0.25) is 9.69 Å². The normalized spacial score (nSPS) is 20.0. The maximum atomic E-state index is 12.7. The molecule has 138 valence electrons. The predicted octanol–water partition coefficient (Wildman–Crippen LogP) is 2.60. The largest absolute Gasteiger partial charge is 0.497 e. The molecule has 8 nitrogen and oxygen atoms in total. The summed E-state index contributed by atoms with van der Waals surface area (Å²) in [5, 5.41) is 10.7. The van der Waals surface area contributed by atoms with Gasteiger partial charge in [0.15, 0.2) is 0 Å². The van der Waals surface area contributed by atoms with Crippen LogP contribution < -0.4 is 10.1 Å². The van der Waals surface area contributed by atoms with Crippen molar-refractivity contribution in [3.63, 3.8) is 0 Å². The molecule has 1 aromatic carbocycles. The van der Waals surface area contributed by atoms with Gasteiger partial charge in [-0.2, -0.15) is 0 Å². The number of carbonyl (C=O) groups is 2. The number of amides is 3. The summed E-state index contributed by atoms with van der Waals surface area (Å²) in [5.41, 5.74) is -0.171. The molecule has 1 aliphatic rings. The van der Waals surface area contributed by atoms with E-state index in [0.717, 1.165) is 16.2 Å². The van der Waals surface area contributed by atoms with Crippen LogP contribution in [-0.4, -0.2) is 39.7 Å². The highest BCUT2D eigenvalue weighted by Gasteiger charge is 2.48. The first-order chi connectivity index (χ1) is 12.3. The van der Waals surface area contributed by atoms with Crippen LogP contribution in [0.25, 0.3) is 11.5 Å². The van der Waals surface area contributed by atoms with Crippen molar-refractivity contribution in [3.8, 4) is 17.2 Å². The minimum atomic E-state index is -0.899. The number of hydrogen-bond acceptors (Lipinski definition) is 6. The van der Waals surface area contributed by atoms with Gasteiger partial charge in [0.05, 0.1) is 7.11 Å². The number of nitrogens with one attached hydrogen (secondary N) is 1. The Labute approximate surface area is 151 Å². The summed E-state index contributed by atoms with van der Waals surface area (Å²) in [5.74, 6) is 1.24. The number of carbonyl (C=O) groups excluding carboxylic acids is 2. The Hall–Kier alpha value is -2.90. The lowest BCUT2D eigenvalue weighted by molar-refractivity contribution is -0.131. The van der Waals surface area contributed by atoms with Gasteiger partial charge in [-0.1, -0.05) is 13.8 Å². The Morgan fingerprint density at radius 1 is 1.23 bits per heavy atom. The van der Waals surface area contributed by atoms with Crippen molar-refractivity contribution < 1.29 is 18.7 Å². The third-order valence-corrected chi connectivity index (χ3v) is 4.26. The summed E-state index contributed by atoms with van der Waals surface area (Å²) in [6.45, 7) is 5.70. The third kappa shape index (κ3) is 3.40. The number of imide groups is 1. The molecule has 0 radical (unpaired) electrons. The van der Waals surface area contributed by atoms with Crippen LogP contribution in [-0.2, 0) is 11.3 Å². The molecule has 0 spiro atoms. The molecular weight excluding hydrogens is 336 g/mol. The lowest BCUT2D eigenvalue weighted by atomic mass is 9.91. The molecule has 0 saturated carbocycles. The zero-order valence-electron chi connectivity index (χ0n) is 15.3. The second-order valence-electron chi connectivity index (χ2n) is 6.98. The van der Waals surface area contributed by atoms with Crippen molar-refractivity contribution in [2.45, 2.75) is 39.3 Å². The first kappa shape index (κ1) is 17.9. The van der Waals surface area contributed by atoms with E-state index in [0.29, 0.717) is 12.3 Å². The van der Waals surface area contributed by atoms with E-state index in [-0.39, 0.29) is 24.3 Å². The molecule has 1 fully saturated rings. The molecule has 1 atom stereocenters. The summed E-state index contributed by atoms with van der Waals surface area (Å²) in [6.07, 6.45) is 0.564. The maximum Gasteiger partial charge on any atom is 0.325 e. The predicted molar refractivity (Wildman–Crippen MR) is 93.2 cm³/mol. The summed E-state index contributed by atoms with van der Waals surface area (Å²) in [4.78, 5) is 26.0. The molecule has 1 aromatic heterocycles. The van der Waals surface area contributed by atoms with Gasteiger partial charge in [0.2, 0.25) is 11.8 Å². The van der Waals surface area contributed by atoms with E-state index in [1.807, 2.05) is 13.8 Å². The lowest BCUT2D eigenvalue weighted by Gasteiger charge is -2.23. The number of methoxy groups -OCH3 is 1. The molecule has 2 heterocycles. The van der Waals surface area contributed by atoms with Gasteiger partial charge < -0.3 is 14.5 Å². The number of nitrogens with zero attached hydrogens (tertiary/aromatic N) is 3. The van der Waals surface area contributed by atoms with Gasteiger partial charge in [-0.05, 0) is 43.5 Å². The highest BCUT2D eigenvalue weighted by Crippen LogP contribution is 2.27. The van der Waals surface area contributed by atoms with E-state index in [1.165, 1.54) is 0 Å². The molecule has 8 heteroatoms. The number of benzene rings is 1. The fraction of sp³-hybridized carbons (Fsp3) is 0.444. The van der Waals surface area contributed by atoms with Crippen LogP contribution >= 0.6 is 0 Å². The summed E-state index contributed by atoms with van der Waals surface area (Å²) < 4.78 is 10.7. The van der Waals surface area contributed by atoms with Crippen LogP contribution in [0, 0.1) is 5.92 Å². The quantitative estimate of drug-likeness (QED) is 0.797. The van der Waals surface area contributed by atoms with Gasteiger partial charge in [0, 0.05) is 5.56 Å². The van der Waals surface area contributed by atoms with Crippen molar-refractivity contribution >= 4 is 11.9 Å². The minimum Gasteiger partial charge on any atom is -0.497 e. The van der Waals surface area contributed by atoms with E-state index in [1.54, 1.807) is 38.3 Å². The van der Waals surface area contributed by atoms with Crippen LogP contribution in [0.15, 0.2) is 28.7 Å². The molecule has 3 amide bonds. The molecule has 1 unspecified atom stereocenters. The van der Waals surface area contributed by atoms with E-state index in [4.69, 9.17) is 9.15 Å². The van der Waals surface area contributed by atoms with Gasteiger partial charge in [0.25, 0.3) is 5.91 Å². The molecule has 0 bridgehead atoms. The number of ether oxygens (including phenoxy) is 1. The minimum absolute atomic E-state index is 0.0541. The van der Waals surface area contributed by atoms with Crippen molar-refractivity contribution in [1.82, 2.24) is 20.4 Å². The second-order valence-corrected chi connectivity index (χ2v) is 6.98. The maximum absolute atomic E-state index is 12.7. The highest BCUT2D eigenvalue weighted by atomic mass is 16.5. The average Bonchev–Trinajstić information content (AvgIpc) is 3.13. The van der Waals surface area contributed by atoms with Crippen LogP contribution in [0.5, 0.6) is 5.75 Å². The molecular formula is C18H22N4O4. The van der Waals surface area contributed by atoms with Crippen LogP contribution in [0.1, 0.15) is 33.1 Å². The standard InChI is InChI=1S/C18H22N4O4/c1-11(2)9-18(3)16(23)22(17(24)19-18)10-14-20-21-15(26-14)12-5-7-13(25-4)8-6-12/h5-8,11H,9-10H2,1-4H3,(H,19,24). The topological polar surface area (TPSA) is 97.6 Å². The Morgan fingerprint density at radius 3 is 2.54 bits per heavy atom. The molecule has 1 saturated heterocycles. The smallest absolute Gasteiger partial charge is 0.325 e. The van der Waals surface area contributed by atoms with Crippen LogP contribution in [0.4, 0.5) is 4.79 Å². The van der Waals surface area contributed by atoms with Gasteiger partial charge in [-0.15, -0.1) is 10.2 Å². The van der Waals surface area contributed by atoms with Gasteiger partial charge >= 0.3 is 6.03 Å². The lowest BCUT2D eigenvalue weighted by Crippen LogP contribution is -2.44. The fourth-order valence-electron chi connectivity index (χ4n) is 3.15. The van der Waals surface area contributed by atoms with E-state index < -0.39 is 11.6 Å². The Balaban J connectivity index is 1.74. The van der Waals surface area contributed by atoms with E-state index in [2.05, 4.69) is 15.5 Å². The Kier molecular flexibility index (Phi) is 4.67. The molecule has 2 aromatic rings. The Bertz CT molecular complexity index is 815. The van der Waals surface area contributed by atoms with Crippen molar-refractivity contribution in [2.75, 3.05) is 7.11 Å². The monoisotopic (exact) mass is 358 g/mol. The molecule has 26 heavy (non-hydrogen) atoms. The molecule has 1 N–H and O–H groups in total. The van der Waals surface area contributed by atoms with Crippen molar-refractivity contribution in [1.29, 1.82) is 0 Å². The number of hydrogen-bond donors (Lipinski definition) is 1.